The lowest BCUT2D eigenvalue weighted by Gasteiger charge is -2.29. The summed E-state index contributed by atoms with van der Waals surface area (Å²) in [6, 6.07) is 0.239. The van der Waals surface area contributed by atoms with Gasteiger partial charge in [-0.2, -0.15) is 0 Å². The van der Waals surface area contributed by atoms with E-state index in [4.69, 9.17) is 15.2 Å². The smallest absolute Gasteiger partial charge is 0.100 e. The Kier molecular flexibility index (Phi) is 11.2. The van der Waals surface area contributed by atoms with Gasteiger partial charge in [0.05, 0.1) is 19.5 Å². The fraction of sp³-hybridized carbons (Fsp3) is 0.867. The van der Waals surface area contributed by atoms with E-state index in [0.717, 1.165) is 24.5 Å². The monoisotopic (exact) mass is 317 g/mol. The third kappa shape index (κ3) is 7.95. The normalized spacial score (nSPS) is 15.6. The molecule has 0 bridgehead atoms. The van der Waals surface area contributed by atoms with Gasteiger partial charge < -0.3 is 25.4 Å². The van der Waals surface area contributed by atoms with E-state index < -0.39 is 0 Å². The van der Waals surface area contributed by atoms with Crippen molar-refractivity contribution in [3.63, 3.8) is 0 Å². The van der Waals surface area contributed by atoms with Crippen molar-refractivity contribution in [3.05, 3.63) is 11.4 Å². The van der Waals surface area contributed by atoms with Crippen molar-refractivity contribution in [2.45, 2.75) is 26.1 Å². The maximum atomic E-state index is 6.29. The molecule has 2 unspecified atom stereocenters. The first-order valence-electron chi connectivity index (χ1n) is 7.64. The maximum absolute atomic E-state index is 6.29. The molecule has 0 fully saturated rings. The highest BCUT2D eigenvalue weighted by molar-refractivity contribution is 5.13. The Morgan fingerprint density at radius 3 is 2.32 bits per heavy atom. The average Bonchev–Trinajstić information content (AvgIpc) is 2.49. The van der Waals surface area contributed by atoms with Gasteiger partial charge in [-0.25, -0.2) is 0 Å². The van der Waals surface area contributed by atoms with Gasteiger partial charge in [0, 0.05) is 40.4 Å². The van der Waals surface area contributed by atoms with Gasteiger partial charge in [-0.15, -0.1) is 0 Å². The lowest BCUT2D eigenvalue weighted by Crippen LogP contribution is -2.48. The second-order valence-corrected chi connectivity index (χ2v) is 5.73. The number of nitrogens with two attached hydrogens (primary N) is 1. The van der Waals surface area contributed by atoms with Gasteiger partial charge in [-0.3, -0.25) is 10.2 Å². The van der Waals surface area contributed by atoms with Crippen molar-refractivity contribution < 1.29 is 9.47 Å². The molecule has 0 saturated carbocycles. The van der Waals surface area contributed by atoms with Crippen molar-refractivity contribution in [1.29, 1.82) is 0 Å². The van der Waals surface area contributed by atoms with E-state index in [1.807, 2.05) is 28.1 Å². The molecule has 0 rings (SSSR count). The molecule has 132 valence electrons. The molecule has 0 aromatic heterocycles. The largest absolute Gasteiger partial charge is 0.385 e. The lowest BCUT2D eigenvalue weighted by atomic mass is 10.2. The fourth-order valence-corrected chi connectivity index (χ4v) is 2.18. The van der Waals surface area contributed by atoms with Crippen LogP contribution in [0.2, 0.25) is 0 Å². The van der Waals surface area contributed by atoms with Gasteiger partial charge in [-0.1, -0.05) is 0 Å². The Morgan fingerprint density at radius 1 is 1.18 bits per heavy atom. The number of nitrogens with one attached hydrogen (secondary N) is 2. The predicted molar refractivity (Wildman–Crippen MR) is 91.3 cm³/mol. The standard InChI is InChI=1S/C15H35N5O2/c1-12(10-21-6)18-15(17-3)13(2)14(16)20(5)9-8-19(4)11-22-7/h12,15,17-18H,8-11,16H2,1-7H3/b14-13+. The molecule has 0 radical (unpaired) electrons. The molecule has 0 heterocycles. The summed E-state index contributed by atoms with van der Waals surface area (Å²) in [7, 11) is 9.34. The van der Waals surface area contributed by atoms with E-state index >= 15 is 0 Å². The minimum absolute atomic E-state index is 0.0179. The van der Waals surface area contributed by atoms with Crippen LogP contribution in [0.5, 0.6) is 0 Å². The summed E-state index contributed by atoms with van der Waals surface area (Å²) in [6.45, 7) is 7.12. The van der Waals surface area contributed by atoms with Crippen molar-refractivity contribution in [2.24, 2.45) is 5.73 Å². The predicted octanol–water partition coefficient (Wildman–Crippen LogP) is -0.186. The maximum Gasteiger partial charge on any atom is 0.100 e. The first-order valence-corrected chi connectivity index (χ1v) is 7.64. The Labute approximate surface area is 135 Å². The number of hydrogen-bond acceptors (Lipinski definition) is 7. The molecule has 0 saturated heterocycles. The van der Waals surface area contributed by atoms with E-state index in [1.54, 1.807) is 14.2 Å². The van der Waals surface area contributed by atoms with Gasteiger partial charge in [0.15, 0.2) is 0 Å². The zero-order chi connectivity index (χ0) is 17.1. The van der Waals surface area contributed by atoms with Crippen LogP contribution < -0.4 is 16.4 Å². The van der Waals surface area contributed by atoms with Crippen LogP contribution in [0.3, 0.4) is 0 Å². The van der Waals surface area contributed by atoms with Crippen LogP contribution in [-0.4, -0.2) is 83.8 Å². The molecule has 0 aromatic rings. The quantitative estimate of drug-likeness (QED) is 0.431. The molecule has 22 heavy (non-hydrogen) atoms. The summed E-state index contributed by atoms with van der Waals surface area (Å²) in [5, 5.41) is 6.71. The summed E-state index contributed by atoms with van der Waals surface area (Å²) >= 11 is 0. The number of hydrogen-bond donors (Lipinski definition) is 3. The zero-order valence-corrected chi connectivity index (χ0v) is 15.3. The van der Waals surface area contributed by atoms with E-state index in [0.29, 0.717) is 13.3 Å². The van der Waals surface area contributed by atoms with Gasteiger partial charge >= 0.3 is 0 Å². The first kappa shape index (κ1) is 21.1. The second kappa shape index (κ2) is 11.7. The zero-order valence-electron chi connectivity index (χ0n) is 15.3. The SMILES string of the molecule is CNC(NC(C)COC)/C(C)=C(\N)N(C)CCN(C)COC. The molecule has 2 atom stereocenters. The van der Waals surface area contributed by atoms with Crippen molar-refractivity contribution >= 4 is 0 Å². The minimum Gasteiger partial charge on any atom is -0.385 e. The van der Waals surface area contributed by atoms with Crippen LogP contribution in [0.15, 0.2) is 11.4 Å². The summed E-state index contributed by atoms with van der Waals surface area (Å²) < 4.78 is 10.3. The molecule has 7 heteroatoms. The summed E-state index contributed by atoms with van der Waals surface area (Å²) in [5.41, 5.74) is 7.36. The van der Waals surface area contributed by atoms with Gasteiger partial charge in [0.2, 0.25) is 0 Å². The Hall–Kier alpha value is -0.860. The minimum atomic E-state index is 0.0179. The topological polar surface area (TPSA) is 75.0 Å². The van der Waals surface area contributed by atoms with E-state index in [9.17, 15) is 0 Å². The van der Waals surface area contributed by atoms with Gasteiger partial charge in [0.25, 0.3) is 0 Å². The summed E-state index contributed by atoms with van der Waals surface area (Å²) in [5.74, 6) is 0.780. The van der Waals surface area contributed by atoms with Crippen LogP contribution in [0, 0.1) is 0 Å². The van der Waals surface area contributed by atoms with Crippen LogP contribution in [0.25, 0.3) is 0 Å². The van der Waals surface area contributed by atoms with E-state index in [-0.39, 0.29) is 12.2 Å². The van der Waals surface area contributed by atoms with Gasteiger partial charge in [0.1, 0.15) is 5.82 Å². The van der Waals surface area contributed by atoms with Crippen molar-refractivity contribution in [1.82, 2.24) is 20.4 Å². The Balaban J connectivity index is 4.63. The molecule has 0 spiro atoms. The first-order chi connectivity index (χ1) is 10.4. The average molecular weight is 317 g/mol. The fourth-order valence-electron chi connectivity index (χ4n) is 2.18. The number of likely N-dealkylation sites (N-methyl/N-ethyl adjacent to an activating group) is 3. The molecule has 7 nitrogen and oxygen atoms in total. The number of methoxy groups -OCH3 is 2. The highest BCUT2D eigenvalue weighted by atomic mass is 16.5. The molecule has 0 aliphatic heterocycles. The molecular formula is C15H35N5O2. The van der Waals surface area contributed by atoms with Crippen LogP contribution in [0.1, 0.15) is 13.8 Å². The summed E-state index contributed by atoms with van der Waals surface area (Å²) in [6.07, 6.45) is 0.0179. The van der Waals surface area contributed by atoms with E-state index in [1.165, 1.54) is 0 Å². The van der Waals surface area contributed by atoms with Gasteiger partial charge in [-0.05, 0) is 33.5 Å². The molecule has 0 aromatic carbocycles. The molecular weight excluding hydrogens is 282 g/mol. The van der Waals surface area contributed by atoms with Crippen LogP contribution in [0.4, 0.5) is 0 Å². The summed E-state index contributed by atoms with van der Waals surface area (Å²) in [4.78, 5) is 4.17. The highest BCUT2D eigenvalue weighted by Crippen LogP contribution is 2.07. The molecule has 0 amide bonds. The lowest BCUT2D eigenvalue weighted by molar-refractivity contribution is 0.0777. The Bertz CT molecular complexity index is 325. The van der Waals surface area contributed by atoms with Crippen LogP contribution in [-0.2, 0) is 9.47 Å². The number of ether oxygens (including phenoxy) is 2. The second-order valence-electron chi connectivity index (χ2n) is 5.73. The molecule has 4 N–H and O–H groups in total. The highest BCUT2D eigenvalue weighted by Gasteiger charge is 2.16. The van der Waals surface area contributed by atoms with Crippen LogP contribution >= 0.6 is 0 Å². The number of nitrogens with zero attached hydrogens (tertiary/aromatic N) is 2. The van der Waals surface area contributed by atoms with E-state index in [2.05, 4.69) is 27.4 Å². The third-order valence-electron chi connectivity index (χ3n) is 3.57. The molecule has 0 aliphatic carbocycles. The van der Waals surface area contributed by atoms with Crippen molar-refractivity contribution in [3.8, 4) is 0 Å². The number of rotatable bonds is 12. The third-order valence-corrected chi connectivity index (χ3v) is 3.57. The molecule has 0 aliphatic rings. The Morgan fingerprint density at radius 2 is 1.82 bits per heavy atom. The van der Waals surface area contributed by atoms with Crippen molar-refractivity contribution in [2.75, 3.05) is 61.8 Å².